The van der Waals surface area contributed by atoms with Crippen LogP contribution in [-0.4, -0.2) is 47.4 Å². The van der Waals surface area contributed by atoms with Crippen LogP contribution in [0.2, 0.25) is 0 Å². The molecule has 1 unspecified atom stereocenters. The van der Waals surface area contributed by atoms with E-state index in [-0.39, 0.29) is 12.0 Å². The van der Waals surface area contributed by atoms with Gasteiger partial charge >= 0.3 is 5.97 Å². The maximum atomic E-state index is 12.8. The number of aryl methyl sites for hydroxylation is 1. The van der Waals surface area contributed by atoms with Crippen LogP contribution in [-0.2, 0) is 4.79 Å². The second-order valence-corrected chi connectivity index (χ2v) is 8.13. The molecule has 0 radical (unpaired) electrons. The number of aliphatic carboxylic acids is 1. The van der Waals surface area contributed by atoms with E-state index < -0.39 is 12.0 Å². The molecule has 0 aliphatic carbocycles. The molecule has 0 saturated heterocycles. The Morgan fingerprint density at radius 1 is 1.16 bits per heavy atom. The maximum absolute atomic E-state index is 12.8. The normalized spacial score (nSPS) is 16.8. The van der Waals surface area contributed by atoms with Crippen molar-refractivity contribution in [3.05, 3.63) is 74.8 Å². The summed E-state index contributed by atoms with van der Waals surface area (Å²) in [5, 5.41) is 19.8. The summed E-state index contributed by atoms with van der Waals surface area (Å²) >= 11 is 1.14. The molecule has 1 N–H and O–H groups in total. The van der Waals surface area contributed by atoms with Crippen LogP contribution in [0, 0.1) is 6.92 Å². The third-order valence-electron chi connectivity index (χ3n) is 4.98. The maximum Gasteiger partial charge on any atom is 0.328 e. The number of hydrazone groups is 1. The lowest BCUT2D eigenvalue weighted by Crippen LogP contribution is -2.34. The highest BCUT2D eigenvalue weighted by Gasteiger charge is 2.32. The zero-order valence-electron chi connectivity index (χ0n) is 16.3. The van der Waals surface area contributed by atoms with E-state index in [4.69, 9.17) is 0 Å². The number of aromatic nitrogens is 4. The van der Waals surface area contributed by atoms with Gasteiger partial charge in [-0.2, -0.15) is 14.6 Å². The van der Waals surface area contributed by atoms with E-state index in [0.717, 1.165) is 28.0 Å². The van der Waals surface area contributed by atoms with Gasteiger partial charge in [0.25, 0.3) is 5.56 Å². The topological polar surface area (TPSA) is 113 Å². The van der Waals surface area contributed by atoms with Crippen molar-refractivity contribution in [3.63, 3.8) is 0 Å². The van der Waals surface area contributed by atoms with Crippen LogP contribution in [0.15, 0.2) is 58.7 Å². The van der Waals surface area contributed by atoms with Gasteiger partial charge in [-0.25, -0.2) is 4.79 Å². The SMILES string of the molecule is Cc1ccc(C2=NN(/C=c3\sc4nc(-c5ccncc5)nn4c3=O)C(C(=O)O)C2)cc1. The van der Waals surface area contributed by atoms with Crippen molar-refractivity contribution in [1.29, 1.82) is 0 Å². The van der Waals surface area contributed by atoms with Crippen molar-refractivity contribution in [1.82, 2.24) is 24.6 Å². The molecule has 1 aliphatic heterocycles. The van der Waals surface area contributed by atoms with E-state index in [1.165, 1.54) is 15.7 Å². The second-order valence-electron chi connectivity index (χ2n) is 7.12. The summed E-state index contributed by atoms with van der Waals surface area (Å²) in [4.78, 5) is 33.4. The van der Waals surface area contributed by atoms with Gasteiger partial charge < -0.3 is 5.11 Å². The van der Waals surface area contributed by atoms with Crippen molar-refractivity contribution in [2.45, 2.75) is 19.4 Å². The fraction of sp³-hybridized carbons (Fsp3) is 0.143. The Kier molecular flexibility index (Phi) is 4.55. The average Bonchev–Trinajstić information content (AvgIpc) is 3.45. The first kappa shape index (κ1) is 19.1. The summed E-state index contributed by atoms with van der Waals surface area (Å²) in [6.07, 6.45) is 4.97. The lowest BCUT2D eigenvalue weighted by molar-refractivity contribution is -0.141. The third kappa shape index (κ3) is 3.46. The molecule has 10 heteroatoms. The highest BCUT2D eigenvalue weighted by Crippen LogP contribution is 2.21. The first-order valence-electron chi connectivity index (χ1n) is 9.47. The quantitative estimate of drug-likeness (QED) is 0.520. The van der Waals surface area contributed by atoms with Crippen molar-refractivity contribution in [2.75, 3.05) is 0 Å². The molecular formula is C21H16N6O3S. The fourth-order valence-corrected chi connectivity index (χ4v) is 4.21. The van der Waals surface area contributed by atoms with Gasteiger partial charge in [0.15, 0.2) is 11.9 Å². The average molecular weight is 432 g/mol. The number of carboxylic acids is 1. The number of nitrogens with zero attached hydrogens (tertiary/aromatic N) is 6. The Balaban J connectivity index is 1.54. The lowest BCUT2D eigenvalue weighted by Gasteiger charge is -2.14. The molecule has 5 rings (SSSR count). The second kappa shape index (κ2) is 7.40. The van der Waals surface area contributed by atoms with Crippen LogP contribution in [0.3, 0.4) is 0 Å². The molecule has 1 aliphatic rings. The third-order valence-corrected chi connectivity index (χ3v) is 5.93. The van der Waals surface area contributed by atoms with Gasteiger partial charge in [0.1, 0.15) is 4.53 Å². The largest absolute Gasteiger partial charge is 0.480 e. The number of carboxylic acid groups (broad SMARTS) is 1. The van der Waals surface area contributed by atoms with Crippen molar-refractivity contribution >= 4 is 34.2 Å². The van der Waals surface area contributed by atoms with Crippen LogP contribution in [0.5, 0.6) is 0 Å². The van der Waals surface area contributed by atoms with E-state index in [2.05, 4.69) is 20.2 Å². The molecule has 0 spiro atoms. The van der Waals surface area contributed by atoms with E-state index in [1.807, 2.05) is 31.2 Å². The molecule has 3 aromatic heterocycles. The standard InChI is InChI=1S/C21H16N6O3S/c1-12-2-4-13(5-3-12)15-10-16(20(29)30)26(24-15)11-17-19(28)27-21(31-17)23-18(25-27)14-6-8-22-9-7-14/h2-9,11,16H,10H2,1H3,(H,29,30)/b17-11-. The van der Waals surface area contributed by atoms with Crippen LogP contribution in [0.1, 0.15) is 17.5 Å². The molecule has 0 amide bonds. The predicted molar refractivity (Wildman–Crippen MR) is 116 cm³/mol. The Hall–Kier alpha value is -3.92. The number of hydrogen-bond acceptors (Lipinski definition) is 8. The smallest absolute Gasteiger partial charge is 0.328 e. The van der Waals surface area contributed by atoms with Gasteiger partial charge in [-0.05, 0) is 24.6 Å². The molecule has 4 aromatic rings. The van der Waals surface area contributed by atoms with E-state index in [9.17, 15) is 14.7 Å². The summed E-state index contributed by atoms with van der Waals surface area (Å²) in [5.74, 6) is -0.574. The minimum Gasteiger partial charge on any atom is -0.480 e. The van der Waals surface area contributed by atoms with Crippen molar-refractivity contribution in [3.8, 4) is 11.4 Å². The highest BCUT2D eigenvalue weighted by atomic mass is 32.1. The van der Waals surface area contributed by atoms with Gasteiger partial charge in [-0.3, -0.25) is 14.8 Å². The number of thiazole rings is 1. The number of fused-ring (bicyclic) bond motifs is 1. The van der Waals surface area contributed by atoms with Gasteiger partial charge in [0.05, 0.1) is 5.71 Å². The fourth-order valence-electron chi connectivity index (χ4n) is 3.33. The summed E-state index contributed by atoms with van der Waals surface area (Å²) in [6, 6.07) is 10.4. The Bertz CT molecular complexity index is 1430. The number of benzene rings is 1. The van der Waals surface area contributed by atoms with Gasteiger partial charge in [-0.1, -0.05) is 41.2 Å². The molecule has 1 atom stereocenters. The van der Waals surface area contributed by atoms with Crippen molar-refractivity contribution < 1.29 is 9.90 Å². The minimum atomic E-state index is -1.01. The van der Waals surface area contributed by atoms with Crippen LogP contribution >= 0.6 is 11.3 Å². The highest BCUT2D eigenvalue weighted by molar-refractivity contribution is 7.15. The predicted octanol–water partition coefficient (Wildman–Crippen LogP) is 1.54. The van der Waals surface area contributed by atoms with E-state index in [1.54, 1.807) is 24.5 Å². The number of rotatable bonds is 4. The van der Waals surface area contributed by atoms with Crippen LogP contribution < -0.4 is 10.1 Å². The summed E-state index contributed by atoms with van der Waals surface area (Å²) in [7, 11) is 0. The molecular weight excluding hydrogens is 416 g/mol. The number of pyridine rings is 1. The molecule has 31 heavy (non-hydrogen) atoms. The number of carbonyl (C=O) groups is 1. The van der Waals surface area contributed by atoms with Crippen LogP contribution in [0.25, 0.3) is 22.5 Å². The lowest BCUT2D eigenvalue weighted by atomic mass is 10.0. The summed E-state index contributed by atoms with van der Waals surface area (Å²) in [6.45, 7) is 1.98. The van der Waals surface area contributed by atoms with Gasteiger partial charge in [0, 0.05) is 30.6 Å². The van der Waals surface area contributed by atoms with Gasteiger partial charge in [-0.15, -0.1) is 5.10 Å². The molecule has 0 saturated carbocycles. The Morgan fingerprint density at radius 2 is 1.90 bits per heavy atom. The zero-order valence-corrected chi connectivity index (χ0v) is 17.2. The minimum absolute atomic E-state index is 0.246. The first-order chi connectivity index (χ1) is 15.0. The molecule has 154 valence electrons. The van der Waals surface area contributed by atoms with Crippen molar-refractivity contribution in [2.24, 2.45) is 5.10 Å². The molecule has 9 nitrogen and oxygen atoms in total. The molecule has 0 bridgehead atoms. The summed E-state index contributed by atoms with van der Waals surface area (Å²) in [5.41, 5.74) is 3.02. The van der Waals surface area contributed by atoms with Crippen LogP contribution in [0.4, 0.5) is 0 Å². The Morgan fingerprint density at radius 3 is 2.58 bits per heavy atom. The van der Waals surface area contributed by atoms with E-state index in [0.29, 0.717) is 21.0 Å². The monoisotopic (exact) mass is 432 g/mol. The molecule has 1 aromatic carbocycles. The van der Waals surface area contributed by atoms with E-state index >= 15 is 0 Å². The number of hydrogen-bond donors (Lipinski definition) is 1. The Labute approximate surface area is 179 Å². The summed E-state index contributed by atoms with van der Waals surface area (Å²) < 4.78 is 1.54. The molecule has 0 fully saturated rings. The first-order valence-corrected chi connectivity index (χ1v) is 10.3. The zero-order chi connectivity index (χ0) is 21.5. The molecule has 4 heterocycles. The van der Waals surface area contributed by atoms with Gasteiger partial charge in [0.2, 0.25) is 4.96 Å².